The van der Waals surface area contributed by atoms with E-state index in [2.05, 4.69) is 24.8 Å². The third kappa shape index (κ3) is 4.70. The number of piperidine rings is 1. The van der Waals surface area contributed by atoms with E-state index in [4.69, 9.17) is 16.1 Å². The van der Waals surface area contributed by atoms with Crippen molar-refractivity contribution in [2.45, 2.75) is 19.0 Å². The van der Waals surface area contributed by atoms with Gasteiger partial charge in [0.25, 0.3) is 0 Å². The molecule has 184 valence electrons. The highest BCUT2D eigenvalue weighted by atomic mass is 19.4. The molecule has 0 amide bonds. The van der Waals surface area contributed by atoms with Gasteiger partial charge in [0.1, 0.15) is 11.5 Å². The van der Waals surface area contributed by atoms with Crippen LogP contribution in [0, 0.1) is 17.2 Å². The van der Waals surface area contributed by atoms with Crippen molar-refractivity contribution in [3.8, 4) is 11.5 Å². The molecule has 0 aliphatic carbocycles. The van der Waals surface area contributed by atoms with Crippen LogP contribution in [0.4, 0.5) is 19.0 Å². The van der Waals surface area contributed by atoms with Crippen LogP contribution in [0.3, 0.4) is 0 Å². The fraction of sp³-hybridized carbons (Fsp3) is 0.435. The first-order valence-electron chi connectivity index (χ1n) is 11.5. The van der Waals surface area contributed by atoms with Crippen molar-refractivity contribution in [3.05, 3.63) is 48.3 Å². The van der Waals surface area contributed by atoms with Crippen molar-refractivity contribution in [1.82, 2.24) is 29.2 Å². The Bertz CT molecular complexity index is 1250. The van der Waals surface area contributed by atoms with Crippen LogP contribution in [-0.2, 0) is 6.18 Å². The molecule has 5 heterocycles. The van der Waals surface area contributed by atoms with Gasteiger partial charge in [-0.3, -0.25) is 4.40 Å². The third-order valence-electron chi connectivity index (χ3n) is 6.71. The average molecular weight is 486 g/mol. The second-order valence-corrected chi connectivity index (χ2v) is 9.05. The van der Waals surface area contributed by atoms with Crippen molar-refractivity contribution >= 4 is 17.7 Å². The van der Waals surface area contributed by atoms with E-state index in [-0.39, 0.29) is 17.4 Å². The highest BCUT2D eigenvalue weighted by Gasteiger charge is 2.34. The van der Waals surface area contributed by atoms with E-state index in [1.165, 1.54) is 29.4 Å². The molecule has 3 aromatic rings. The SMILES string of the molecule is N=CC(=CN)C1CC(CN2CCC2)CN(c2ccnc(-c3cnc4cnc(C(F)(F)F)cn34)n2)C1. The minimum Gasteiger partial charge on any atom is -0.404 e. The maximum Gasteiger partial charge on any atom is 0.434 e. The molecule has 12 heteroatoms. The molecule has 0 radical (unpaired) electrons. The Morgan fingerprint density at radius 3 is 2.69 bits per heavy atom. The van der Waals surface area contributed by atoms with Gasteiger partial charge in [0.15, 0.2) is 17.2 Å². The molecule has 3 aromatic heterocycles. The summed E-state index contributed by atoms with van der Waals surface area (Å²) < 4.78 is 41.0. The Hall–Kier alpha value is -3.54. The third-order valence-corrected chi connectivity index (χ3v) is 6.71. The number of nitrogens with one attached hydrogen (secondary N) is 1. The average Bonchev–Trinajstić information content (AvgIpc) is 3.25. The van der Waals surface area contributed by atoms with E-state index in [1.54, 1.807) is 12.3 Å². The van der Waals surface area contributed by atoms with Crippen molar-refractivity contribution in [2.24, 2.45) is 17.6 Å². The Morgan fingerprint density at radius 2 is 2.00 bits per heavy atom. The van der Waals surface area contributed by atoms with Crippen LogP contribution in [0.15, 0.2) is 42.6 Å². The largest absolute Gasteiger partial charge is 0.434 e. The van der Waals surface area contributed by atoms with E-state index >= 15 is 0 Å². The number of halogens is 3. The van der Waals surface area contributed by atoms with Gasteiger partial charge >= 0.3 is 6.18 Å². The summed E-state index contributed by atoms with van der Waals surface area (Å²) in [5.74, 6) is 1.41. The van der Waals surface area contributed by atoms with Gasteiger partial charge in [-0.1, -0.05) is 0 Å². The zero-order valence-electron chi connectivity index (χ0n) is 19.0. The van der Waals surface area contributed by atoms with Crippen LogP contribution in [0.2, 0.25) is 0 Å². The number of hydrogen-bond acceptors (Lipinski definition) is 8. The summed E-state index contributed by atoms with van der Waals surface area (Å²) in [6, 6.07) is 1.80. The lowest BCUT2D eigenvalue weighted by molar-refractivity contribution is -0.141. The molecule has 2 aliphatic rings. The Kier molecular flexibility index (Phi) is 6.13. The minimum atomic E-state index is -4.57. The Morgan fingerprint density at radius 1 is 1.17 bits per heavy atom. The van der Waals surface area contributed by atoms with E-state index < -0.39 is 11.9 Å². The Balaban J connectivity index is 1.46. The first-order chi connectivity index (χ1) is 16.9. The van der Waals surface area contributed by atoms with E-state index in [0.717, 1.165) is 50.6 Å². The van der Waals surface area contributed by atoms with Gasteiger partial charge in [0, 0.05) is 44.2 Å². The van der Waals surface area contributed by atoms with Crippen LogP contribution in [0.1, 0.15) is 18.5 Å². The predicted molar refractivity (Wildman–Crippen MR) is 125 cm³/mol. The van der Waals surface area contributed by atoms with Gasteiger partial charge in [0.05, 0.1) is 12.4 Å². The Labute approximate surface area is 200 Å². The standard InChI is InChI=1S/C23H26F3N9/c24-23(25,26)19-14-35-18(9-31-21(35)10-30-19)22-29-3-2-20(32-22)34-12-15(11-33-4-1-5-33)6-16(13-34)17(7-27)8-28/h2-3,7-10,14-16,27H,1,4-6,11-13,28H2. The zero-order chi connectivity index (χ0) is 24.6. The number of anilines is 1. The molecule has 0 bridgehead atoms. The van der Waals surface area contributed by atoms with Gasteiger partial charge < -0.3 is 20.9 Å². The number of nitrogens with zero attached hydrogens (tertiary/aromatic N) is 7. The van der Waals surface area contributed by atoms with Crippen LogP contribution in [0.25, 0.3) is 17.2 Å². The molecule has 0 spiro atoms. The number of alkyl halides is 3. The molecule has 2 saturated heterocycles. The predicted octanol–water partition coefficient (Wildman–Crippen LogP) is 2.85. The van der Waals surface area contributed by atoms with Crippen molar-refractivity contribution < 1.29 is 13.2 Å². The van der Waals surface area contributed by atoms with Gasteiger partial charge in [-0.05, 0) is 49.7 Å². The second kappa shape index (κ2) is 9.25. The monoisotopic (exact) mass is 485 g/mol. The number of fused-ring (bicyclic) bond motifs is 1. The lowest BCUT2D eigenvalue weighted by Gasteiger charge is -2.42. The molecule has 35 heavy (non-hydrogen) atoms. The second-order valence-electron chi connectivity index (χ2n) is 9.05. The van der Waals surface area contributed by atoms with Crippen molar-refractivity contribution in [3.63, 3.8) is 0 Å². The number of hydrogen-bond donors (Lipinski definition) is 2. The van der Waals surface area contributed by atoms with Gasteiger partial charge in [-0.25, -0.2) is 19.9 Å². The highest BCUT2D eigenvalue weighted by molar-refractivity contribution is 5.76. The lowest BCUT2D eigenvalue weighted by Crippen LogP contribution is -2.48. The maximum atomic E-state index is 13.2. The molecular weight excluding hydrogens is 459 g/mol. The fourth-order valence-electron chi connectivity index (χ4n) is 4.85. The summed E-state index contributed by atoms with van der Waals surface area (Å²) in [6.45, 7) is 4.61. The molecule has 2 atom stereocenters. The first-order valence-corrected chi connectivity index (χ1v) is 11.5. The number of imidazole rings is 1. The number of nitrogens with two attached hydrogens (primary N) is 1. The summed E-state index contributed by atoms with van der Waals surface area (Å²) >= 11 is 0. The van der Waals surface area contributed by atoms with Gasteiger partial charge in [-0.2, -0.15) is 13.2 Å². The summed E-state index contributed by atoms with van der Waals surface area (Å²) in [4.78, 5) is 21.2. The van der Waals surface area contributed by atoms with Crippen LogP contribution >= 0.6 is 0 Å². The molecular formula is C23H26F3N9. The smallest absolute Gasteiger partial charge is 0.404 e. The molecule has 0 aromatic carbocycles. The van der Waals surface area contributed by atoms with E-state index in [9.17, 15) is 13.2 Å². The highest BCUT2D eigenvalue weighted by Crippen LogP contribution is 2.32. The van der Waals surface area contributed by atoms with E-state index in [0.29, 0.717) is 24.0 Å². The molecule has 9 nitrogen and oxygen atoms in total. The normalized spacial score (nSPS) is 21.8. The summed E-state index contributed by atoms with van der Waals surface area (Å²) in [5, 5.41) is 7.77. The van der Waals surface area contributed by atoms with Crippen LogP contribution in [-0.4, -0.2) is 68.2 Å². The molecule has 0 saturated carbocycles. The van der Waals surface area contributed by atoms with E-state index in [1.807, 2.05) is 0 Å². The molecule has 2 unspecified atom stereocenters. The summed E-state index contributed by atoms with van der Waals surface area (Å²) in [7, 11) is 0. The topological polar surface area (TPSA) is 112 Å². The lowest BCUT2D eigenvalue weighted by atomic mass is 9.84. The maximum absolute atomic E-state index is 13.2. The molecule has 3 N–H and O–H groups in total. The van der Waals surface area contributed by atoms with Crippen LogP contribution < -0.4 is 10.6 Å². The van der Waals surface area contributed by atoms with Gasteiger partial charge in [0.2, 0.25) is 0 Å². The first kappa shape index (κ1) is 23.2. The fourth-order valence-corrected chi connectivity index (χ4v) is 4.85. The number of likely N-dealkylation sites (tertiary alicyclic amines) is 1. The van der Waals surface area contributed by atoms with Gasteiger partial charge in [-0.15, -0.1) is 0 Å². The summed E-state index contributed by atoms with van der Waals surface area (Å²) in [6.07, 6.45) is 5.44. The molecule has 5 rings (SSSR count). The number of aromatic nitrogens is 5. The zero-order valence-corrected chi connectivity index (χ0v) is 19.0. The molecule has 2 aliphatic heterocycles. The van der Waals surface area contributed by atoms with Crippen molar-refractivity contribution in [2.75, 3.05) is 37.6 Å². The minimum absolute atomic E-state index is 0.0900. The molecule has 2 fully saturated rings. The number of rotatable bonds is 6. The van der Waals surface area contributed by atoms with Crippen LogP contribution in [0.5, 0.6) is 0 Å². The summed E-state index contributed by atoms with van der Waals surface area (Å²) in [5.41, 5.74) is 6.20. The quantitative estimate of drug-likeness (QED) is 0.517. The van der Waals surface area contributed by atoms with Crippen molar-refractivity contribution in [1.29, 1.82) is 5.41 Å².